The van der Waals surface area contributed by atoms with Gasteiger partial charge >= 0.3 is 0 Å². The van der Waals surface area contributed by atoms with Gasteiger partial charge in [0.2, 0.25) is 10.0 Å². The number of hydrogen-bond donors (Lipinski definition) is 2. The third-order valence-corrected chi connectivity index (χ3v) is 6.05. The lowest BCUT2D eigenvalue weighted by molar-refractivity contribution is 0.0954. The summed E-state index contributed by atoms with van der Waals surface area (Å²) in [6.45, 7) is 3.07. The summed E-state index contributed by atoms with van der Waals surface area (Å²) in [6.07, 6.45) is 10.7. The monoisotopic (exact) mass is 378 g/mol. The van der Waals surface area contributed by atoms with Gasteiger partial charge in [-0.3, -0.25) is 4.79 Å². The van der Waals surface area contributed by atoms with Crippen LogP contribution >= 0.6 is 0 Å². The van der Waals surface area contributed by atoms with E-state index in [0.29, 0.717) is 18.7 Å². The Bertz CT molecular complexity index is 726. The predicted molar refractivity (Wildman–Crippen MR) is 105 cm³/mol. The van der Waals surface area contributed by atoms with Crippen LogP contribution in [0.15, 0.2) is 40.8 Å². The van der Waals surface area contributed by atoms with E-state index in [1.807, 2.05) is 0 Å². The summed E-state index contributed by atoms with van der Waals surface area (Å²) < 4.78 is 27.3. The molecular formula is C20H30N2O3S. The van der Waals surface area contributed by atoms with Crippen molar-refractivity contribution < 1.29 is 13.2 Å². The number of benzene rings is 1. The maximum Gasteiger partial charge on any atom is 0.251 e. The van der Waals surface area contributed by atoms with Crippen molar-refractivity contribution in [1.29, 1.82) is 0 Å². The van der Waals surface area contributed by atoms with Crippen LogP contribution in [0.2, 0.25) is 0 Å². The van der Waals surface area contributed by atoms with Crippen LogP contribution in [-0.2, 0) is 10.0 Å². The average molecular weight is 379 g/mol. The molecule has 0 aromatic heterocycles. The zero-order chi connectivity index (χ0) is 18.8. The number of unbranched alkanes of at least 4 members (excludes halogenated alkanes) is 2. The van der Waals surface area contributed by atoms with Crippen molar-refractivity contribution in [3.63, 3.8) is 0 Å². The molecule has 1 amide bonds. The van der Waals surface area contributed by atoms with Crippen LogP contribution in [-0.4, -0.2) is 27.4 Å². The molecule has 0 spiro atoms. The highest BCUT2D eigenvalue weighted by Crippen LogP contribution is 2.19. The van der Waals surface area contributed by atoms with Gasteiger partial charge in [-0.15, -0.1) is 0 Å². The van der Waals surface area contributed by atoms with Gasteiger partial charge in [-0.05, 0) is 56.7 Å². The Morgan fingerprint density at radius 3 is 2.73 bits per heavy atom. The molecule has 0 aliphatic heterocycles. The lowest BCUT2D eigenvalue weighted by Crippen LogP contribution is -2.27. The van der Waals surface area contributed by atoms with Gasteiger partial charge in [-0.25, -0.2) is 13.1 Å². The Morgan fingerprint density at radius 2 is 2.00 bits per heavy atom. The SMILES string of the molecule is CCCCCNS(=O)(=O)c1cccc(C(=O)NCCC2=CCCCC2)c1. The van der Waals surface area contributed by atoms with Crippen LogP contribution in [0.25, 0.3) is 0 Å². The van der Waals surface area contributed by atoms with E-state index < -0.39 is 10.0 Å². The van der Waals surface area contributed by atoms with Crippen molar-refractivity contribution in [2.24, 2.45) is 0 Å². The number of carbonyl (C=O) groups excluding carboxylic acids is 1. The largest absolute Gasteiger partial charge is 0.352 e. The Balaban J connectivity index is 1.90. The van der Waals surface area contributed by atoms with E-state index >= 15 is 0 Å². The van der Waals surface area contributed by atoms with Crippen LogP contribution in [0.1, 0.15) is 68.6 Å². The topological polar surface area (TPSA) is 75.3 Å². The van der Waals surface area contributed by atoms with E-state index in [9.17, 15) is 13.2 Å². The number of allylic oxidation sites excluding steroid dienone is 1. The molecule has 0 radical (unpaired) electrons. The second kappa shape index (κ2) is 10.5. The molecule has 0 fully saturated rings. The van der Waals surface area contributed by atoms with Gasteiger partial charge in [0.25, 0.3) is 5.91 Å². The second-order valence-corrected chi connectivity index (χ2v) is 8.51. The summed E-state index contributed by atoms with van der Waals surface area (Å²) in [5.41, 5.74) is 1.78. The lowest BCUT2D eigenvalue weighted by Gasteiger charge is -2.13. The Kier molecular flexibility index (Phi) is 8.32. The van der Waals surface area contributed by atoms with Crippen molar-refractivity contribution in [1.82, 2.24) is 10.0 Å². The van der Waals surface area contributed by atoms with Crippen LogP contribution in [0.5, 0.6) is 0 Å². The number of nitrogens with one attached hydrogen (secondary N) is 2. The van der Waals surface area contributed by atoms with Crippen molar-refractivity contribution in [2.45, 2.75) is 63.2 Å². The fraction of sp³-hybridized carbons (Fsp3) is 0.550. The first kappa shape index (κ1) is 20.6. The minimum atomic E-state index is -3.57. The third kappa shape index (κ3) is 6.57. The predicted octanol–water partition coefficient (Wildman–Crippen LogP) is 3.78. The number of carbonyl (C=O) groups is 1. The van der Waals surface area contributed by atoms with Crippen molar-refractivity contribution in [2.75, 3.05) is 13.1 Å². The molecule has 0 saturated carbocycles. The fourth-order valence-corrected chi connectivity index (χ4v) is 4.16. The Labute approximate surface area is 157 Å². The molecule has 5 nitrogen and oxygen atoms in total. The number of amides is 1. The molecule has 0 bridgehead atoms. The summed E-state index contributed by atoms with van der Waals surface area (Å²) in [5.74, 6) is -0.232. The van der Waals surface area contributed by atoms with Gasteiger partial charge in [0.05, 0.1) is 4.90 Å². The van der Waals surface area contributed by atoms with Crippen LogP contribution in [0.4, 0.5) is 0 Å². The molecule has 0 unspecified atom stereocenters. The average Bonchev–Trinajstić information content (AvgIpc) is 2.66. The summed E-state index contributed by atoms with van der Waals surface area (Å²) in [7, 11) is -3.57. The molecule has 0 heterocycles. The first-order valence-corrected chi connectivity index (χ1v) is 11.1. The van der Waals surface area contributed by atoms with E-state index in [0.717, 1.165) is 38.5 Å². The molecule has 0 atom stereocenters. The minimum Gasteiger partial charge on any atom is -0.352 e. The summed E-state index contributed by atoms with van der Waals surface area (Å²) in [4.78, 5) is 12.5. The van der Waals surface area contributed by atoms with Crippen LogP contribution in [0.3, 0.4) is 0 Å². The third-order valence-electron chi connectivity index (χ3n) is 4.60. The van der Waals surface area contributed by atoms with Gasteiger partial charge in [-0.1, -0.05) is 37.5 Å². The molecule has 1 aromatic carbocycles. The summed E-state index contributed by atoms with van der Waals surface area (Å²) in [5, 5.41) is 2.89. The maximum atomic E-state index is 12.3. The van der Waals surface area contributed by atoms with E-state index in [2.05, 4.69) is 23.0 Å². The van der Waals surface area contributed by atoms with E-state index in [4.69, 9.17) is 0 Å². The van der Waals surface area contributed by atoms with Gasteiger partial charge < -0.3 is 5.32 Å². The number of rotatable bonds is 10. The van der Waals surface area contributed by atoms with Crippen LogP contribution in [0, 0.1) is 0 Å². The van der Waals surface area contributed by atoms with E-state index in [1.165, 1.54) is 30.5 Å². The molecule has 6 heteroatoms. The maximum absolute atomic E-state index is 12.3. The molecule has 2 rings (SSSR count). The smallest absolute Gasteiger partial charge is 0.251 e. The van der Waals surface area contributed by atoms with E-state index in [1.54, 1.807) is 12.1 Å². The molecule has 144 valence electrons. The Morgan fingerprint density at radius 1 is 1.15 bits per heavy atom. The number of sulfonamides is 1. The van der Waals surface area contributed by atoms with Gasteiger partial charge in [0, 0.05) is 18.7 Å². The summed E-state index contributed by atoms with van der Waals surface area (Å²) in [6, 6.07) is 6.22. The first-order valence-electron chi connectivity index (χ1n) is 9.59. The molecule has 0 saturated heterocycles. The highest BCUT2D eigenvalue weighted by atomic mass is 32.2. The lowest BCUT2D eigenvalue weighted by atomic mass is 9.97. The number of hydrogen-bond acceptors (Lipinski definition) is 3. The van der Waals surface area contributed by atoms with Crippen molar-refractivity contribution in [3.8, 4) is 0 Å². The first-order chi connectivity index (χ1) is 12.5. The van der Waals surface area contributed by atoms with E-state index in [-0.39, 0.29) is 10.8 Å². The molecule has 2 N–H and O–H groups in total. The van der Waals surface area contributed by atoms with Gasteiger partial charge in [0.15, 0.2) is 0 Å². The summed E-state index contributed by atoms with van der Waals surface area (Å²) >= 11 is 0. The quantitative estimate of drug-likeness (QED) is 0.481. The molecular weight excluding hydrogens is 348 g/mol. The highest BCUT2D eigenvalue weighted by molar-refractivity contribution is 7.89. The van der Waals surface area contributed by atoms with Gasteiger partial charge in [-0.2, -0.15) is 0 Å². The minimum absolute atomic E-state index is 0.136. The normalized spacial score (nSPS) is 14.7. The molecule has 1 aromatic rings. The second-order valence-electron chi connectivity index (χ2n) is 6.75. The molecule has 26 heavy (non-hydrogen) atoms. The molecule has 1 aliphatic carbocycles. The van der Waals surface area contributed by atoms with Gasteiger partial charge in [0.1, 0.15) is 0 Å². The molecule has 1 aliphatic rings. The fourth-order valence-electron chi connectivity index (χ4n) is 3.04. The van der Waals surface area contributed by atoms with Crippen molar-refractivity contribution in [3.05, 3.63) is 41.5 Å². The Hall–Kier alpha value is -1.66. The standard InChI is InChI=1S/C20H30N2O3S/c1-2-3-7-14-22-26(24,25)19-12-8-11-18(16-19)20(23)21-15-13-17-9-5-4-6-10-17/h8-9,11-12,16,22H,2-7,10,13-15H2,1H3,(H,21,23). The van der Waals surface area contributed by atoms with Crippen LogP contribution < -0.4 is 10.0 Å². The highest BCUT2D eigenvalue weighted by Gasteiger charge is 2.15. The zero-order valence-electron chi connectivity index (χ0n) is 15.6. The zero-order valence-corrected chi connectivity index (χ0v) is 16.4. The van der Waals surface area contributed by atoms with Crippen molar-refractivity contribution >= 4 is 15.9 Å².